The molecule has 6 heteroatoms. The van der Waals surface area contributed by atoms with E-state index in [1.54, 1.807) is 0 Å². The minimum absolute atomic E-state index is 0.0434. The molecule has 0 N–H and O–H groups in total. The lowest BCUT2D eigenvalue weighted by atomic mass is 10.1. The van der Waals surface area contributed by atoms with Gasteiger partial charge in [-0.3, -0.25) is 0 Å². The number of nitrogens with zero attached hydrogens (tertiary/aromatic N) is 1. The van der Waals surface area contributed by atoms with Crippen LogP contribution in [0.5, 0.6) is 11.5 Å². The van der Waals surface area contributed by atoms with Gasteiger partial charge in [0.05, 0.1) is 19.6 Å². The molecule has 0 atom stereocenters. The summed E-state index contributed by atoms with van der Waals surface area (Å²) in [5.41, 5.74) is 0.353. The Morgan fingerprint density at radius 1 is 1.38 bits per heavy atom. The van der Waals surface area contributed by atoms with Gasteiger partial charge in [-0.1, -0.05) is 12.1 Å². The molecule has 0 fully saturated rings. The van der Waals surface area contributed by atoms with Gasteiger partial charge in [-0.15, -0.1) is 13.2 Å². The summed E-state index contributed by atoms with van der Waals surface area (Å²) in [6.07, 6.45) is -4.82. The van der Waals surface area contributed by atoms with Crippen LogP contribution in [-0.4, -0.2) is 13.5 Å². The lowest BCUT2D eigenvalue weighted by Gasteiger charge is -2.14. The minimum Gasteiger partial charge on any atom is -0.493 e. The van der Waals surface area contributed by atoms with Crippen LogP contribution in [0.2, 0.25) is 0 Å². The molecule has 0 aromatic heterocycles. The predicted octanol–water partition coefficient (Wildman–Crippen LogP) is 2.66. The van der Waals surface area contributed by atoms with Crippen LogP contribution in [0.25, 0.3) is 0 Å². The number of hydrogen-bond donors (Lipinski definition) is 0. The van der Waals surface area contributed by atoms with Gasteiger partial charge >= 0.3 is 6.36 Å². The first kappa shape index (κ1) is 12.2. The highest BCUT2D eigenvalue weighted by molar-refractivity contribution is 5.47. The molecule has 0 aliphatic heterocycles. The highest BCUT2D eigenvalue weighted by Gasteiger charge is 2.32. The van der Waals surface area contributed by atoms with Crippen molar-refractivity contribution in [3.63, 3.8) is 0 Å². The van der Waals surface area contributed by atoms with Gasteiger partial charge in [0.15, 0.2) is 11.5 Å². The molecular formula is C10H8F3NO2. The van der Waals surface area contributed by atoms with E-state index in [9.17, 15) is 13.2 Å². The molecule has 1 rings (SSSR count). The maximum absolute atomic E-state index is 12.0. The Bertz CT molecular complexity index is 410. The molecule has 0 spiro atoms. The zero-order chi connectivity index (χ0) is 12.2. The fraction of sp³-hybridized carbons (Fsp3) is 0.300. The molecule has 86 valence electrons. The van der Waals surface area contributed by atoms with Crippen molar-refractivity contribution in [2.24, 2.45) is 0 Å². The van der Waals surface area contributed by atoms with E-state index in [1.165, 1.54) is 19.2 Å². The van der Waals surface area contributed by atoms with Gasteiger partial charge in [0.1, 0.15) is 0 Å². The van der Waals surface area contributed by atoms with Crippen LogP contribution < -0.4 is 9.47 Å². The van der Waals surface area contributed by atoms with Crippen LogP contribution in [0.4, 0.5) is 13.2 Å². The standard InChI is InChI=1S/C10H8F3NO2/c1-15-9-7(5-6-14)3-2-4-8(9)16-10(11,12)13/h2-4H,5H2,1H3. The number of alkyl halides is 3. The summed E-state index contributed by atoms with van der Waals surface area (Å²) in [4.78, 5) is 0. The molecule has 1 aromatic rings. The van der Waals surface area contributed by atoms with Crippen molar-refractivity contribution in [3.05, 3.63) is 23.8 Å². The van der Waals surface area contributed by atoms with Crippen LogP contribution in [0.3, 0.4) is 0 Å². The quantitative estimate of drug-likeness (QED) is 0.803. The molecule has 0 aliphatic carbocycles. The van der Waals surface area contributed by atoms with Crippen molar-refractivity contribution in [2.75, 3.05) is 7.11 Å². The molecule has 0 aliphatic rings. The molecule has 0 radical (unpaired) electrons. The normalized spacial score (nSPS) is 10.7. The summed E-state index contributed by atoms with van der Waals surface area (Å²) >= 11 is 0. The first-order valence-electron chi connectivity index (χ1n) is 4.26. The van der Waals surface area contributed by atoms with E-state index < -0.39 is 12.1 Å². The number of nitriles is 1. The summed E-state index contributed by atoms with van der Waals surface area (Å²) in [6.45, 7) is 0. The average molecular weight is 231 g/mol. The van der Waals surface area contributed by atoms with Crippen molar-refractivity contribution in [3.8, 4) is 17.6 Å². The Morgan fingerprint density at radius 3 is 2.56 bits per heavy atom. The van der Waals surface area contributed by atoms with Crippen LogP contribution in [0, 0.1) is 11.3 Å². The first-order chi connectivity index (χ1) is 7.48. The van der Waals surface area contributed by atoms with Crippen molar-refractivity contribution < 1.29 is 22.6 Å². The van der Waals surface area contributed by atoms with Crippen molar-refractivity contribution in [2.45, 2.75) is 12.8 Å². The van der Waals surface area contributed by atoms with Crippen LogP contribution in [0.1, 0.15) is 5.56 Å². The number of methoxy groups -OCH3 is 1. The second kappa shape index (κ2) is 4.75. The van der Waals surface area contributed by atoms with Crippen molar-refractivity contribution in [1.29, 1.82) is 5.26 Å². The zero-order valence-corrected chi connectivity index (χ0v) is 8.34. The van der Waals surface area contributed by atoms with E-state index in [2.05, 4.69) is 4.74 Å². The summed E-state index contributed by atoms with van der Waals surface area (Å²) < 4.78 is 44.7. The molecule has 1 aromatic carbocycles. The zero-order valence-electron chi connectivity index (χ0n) is 8.34. The summed E-state index contributed by atoms with van der Waals surface area (Å²) in [5.74, 6) is -0.510. The maximum Gasteiger partial charge on any atom is 0.573 e. The Kier molecular flexibility index (Phi) is 3.61. The smallest absolute Gasteiger partial charge is 0.493 e. The number of hydrogen-bond acceptors (Lipinski definition) is 3. The lowest BCUT2D eigenvalue weighted by Crippen LogP contribution is -2.17. The number of ether oxygens (including phenoxy) is 2. The van der Waals surface area contributed by atoms with Gasteiger partial charge in [-0.05, 0) is 6.07 Å². The Morgan fingerprint density at radius 2 is 2.06 bits per heavy atom. The fourth-order valence-electron chi connectivity index (χ4n) is 1.22. The van der Waals surface area contributed by atoms with E-state index in [-0.39, 0.29) is 12.2 Å². The fourth-order valence-corrected chi connectivity index (χ4v) is 1.22. The van der Waals surface area contributed by atoms with Gasteiger partial charge in [0.2, 0.25) is 0 Å². The number of benzene rings is 1. The third-order valence-corrected chi connectivity index (χ3v) is 1.76. The Labute approximate surface area is 90.0 Å². The van der Waals surface area contributed by atoms with E-state index in [4.69, 9.17) is 10.00 Å². The lowest BCUT2D eigenvalue weighted by molar-refractivity contribution is -0.275. The maximum atomic E-state index is 12.0. The van der Waals surface area contributed by atoms with E-state index in [0.29, 0.717) is 5.56 Å². The van der Waals surface area contributed by atoms with Crippen molar-refractivity contribution in [1.82, 2.24) is 0 Å². The molecule has 0 bridgehead atoms. The van der Waals surface area contributed by atoms with Gasteiger partial charge < -0.3 is 9.47 Å². The Hall–Kier alpha value is -1.90. The molecule has 0 saturated heterocycles. The highest BCUT2D eigenvalue weighted by atomic mass is 19.4. The average Bonchev–Trinajstić information content (AvgIpc) is 2.16. The molecule has 0 heterocycles. The molecule has 0 unspecified atom stereocenters. The van der Waals surface area contributed by atoms with E-state index >= 15 is 0 Å². The van der Waals surface area contributed by atoms with Gasteiger partial charge in [0, 0.05) is 5.56 Å². The van der Waals surface area contributed by atoms with Crippen molar-refractivity contribution >= 4 is 0 Å². The molecule has 0 amide bonds. The van der Waals surface area contributed by atoms with E-state index in [0.717, 1.165) is 6.07 Å². The highest BCUT2D eigenvalue weighted by Crippen LogP contribution is 2.34. The van der Waals surface area contributed by atoms with Crippen LogP contribution in [0.15, 0.2) is 18.2 Å². The van der Waals surface area contributed by atoms with Crippen LogP contribution in [-0.2, 0) is 6.42 Å². The number of para-hydroxylation sites is 1. The Balaban J connectivity index is 3.10. The summed E-state index contributed by atoms with van der Waals surface area (Å²) in [6, 6.07) is 5.84. The number of halogens is 3. The van der Waals surface area contributed by atoms with Gasteiger partial charge in [-0.2, -0.15) is 5.26 Å². The van der Waals surface area contributed by atoms with Crippen LogP contribution >= 0.6 is 0 Å². The molecule has 3 nitrogen and oxygen atoms in total. The minimum atomic E-state index is -4.78. The van der Waals surface area contributed by atoms with Gasteiger partial charge in [-0.25, -0.2) is 0 Å². The molecule has 16 heavy (non-hydrogen) atoms. The topological polar surface area (TPSA) is 42.2 Å². The largest absolute Gasteiger partial charge is 0.573 e. The first-order valence-corrected chi connectivity index (χ1v) is 4.26. The molecule has 0 saturated carbocycles. The third kappa shape index (κ3) is 3.05. The van der Waals surface area contributed by atoms with Gasteiger partial charge in [0.25, 0.3) is 0 Å². The molecular weight excluding hydrogens is 223 g/mol. The summed E-state index contributed by atoms with van der Waals surface area (Å²) in [5, 5.41) is 8.49. The second-order valence-corrected chi connectivity index (χ2v) is 2.83. The number of rotatable bonds is 3. The predicted molar refractivity (Wildman–Crippen MR) is 49.0 cm³/mol. The second-order valence-electron chi connectivity index (χ2n) is 2.83. The third-order valence-electron chi connectivity index (χ3n) is 1.76. The SMILES string of the molecule is COc1c(CC#N)cccc1OC(F)(F)F. The van der Waals surface area contributed by atoms with E-state index in [1.807, 2.05) is 6.07 Å². The monoisotopic (exact) mass is 231 g/mol. The summed E-state index contributed by atoms with van der Waals surface area (Å²) in [7, 11) is 1.22.